The van der Waals surface area contributed by atoms with Gasteiger partial charge in [-0.25, -0.2) is 0 Å². The first-order valence-electron chi connectivity index (χ1n) is 9.48. The summed E-state index contributed by atoms with van der Waals surface area (Å²) < 4.78 is 0. The lowest BCUT2D eigenvalue weighted by molar-refractivity contribution is -0.132. The number of ketones is 1. The molecule has 0 saturated carbocycles. The van der Waals surface area contributed by atoms with Crippen molar-refractivity contribution in [2.45, 2.75) is 39.5 Å². The summed E-state index contributed by atoms with van der Waals surface area (Å²) in [5.74, 6) is 0.462. The predicted octanol–water partition coefficient (Wildman–Crippen LogP) is 4.36. The molecular weight excluding hydrogens is 322 g/mol. The summed E-state index contributed by atoms with van der Waals surface area (Å²) in [6.07, 6.45) is 2.86. The Balaban J connectivity index is 1.50. The van der Waals surface area contributed by atoms with Crippen LogP contribution in [-0.2, 0) is 11.2 Å². The van der Waals surface area contributed by atoms with Gasteiger partial charge in [0.05, 0.1) is 0 Å². The third-order valence-corrected chi connectivity index (χ3v) is 5.38. The van der Waals surface area contributed by atoms with Crippen molar-refractivity contribution in [2.75, 3.05) is 13.1 Å². The molecule has 2 aromatic rings. The first kappa shape index (κ1) is 18.4. The maximum Gasteiger partial charge on any atom is 0.222 e. The minimum atomic E-state index is 0.0424. The molecule has 0 aliphatic carbocycles. The van der Waals surface area contributed by atoms with Gasteiger partial charge in [0.2, 0.25) is 5.91 Å². The average Bonchev–Trinajstić information content (AvgIpc) is 2.67. The fourth-order valence-electron chi connectivity index (χ4n) is 3.76. The van der Waals surface area contributed by atoms with Crippen LogP contribution in [0.1, 0.15) is 46.3 Å². The Morgan fingerprint density at radius 1 is 1.00 bits per heavy atom. The Hall–Kier alpha value is -2.42. The summed E-state index contributed by atoms with van der Waals surface area (Å²) in [6.45, 7) is 5.57. The number of likely N-dealkylation sites (tertiary alicyclic amines) is 1. The third kappa shape index (κ3) is 4.40. The van der Waals surface area contributed by atoms with Crippen LogP contribution in [0.5, 0.6) is 0 Å². The molecule has 3 rings (SSSR count). The van der Waals surface area contributed by atoms with Crippen molar-refractivity contribution in [3.05, 3.63) is 70.8 Å². The van der Waals surface area contributed by atoms with Crippen LogP contribution in [0.4, 0.5) is 0 Å². The Morgan fingerprint density at radius 3 is 2.35 bits per heavy atom. The monoisotopic (exact) mass is 349 g/mol. The van der Waals surface area contributed by atoms with E-state index in [1.807, 2.05) is 35.2 Å². The molecule has 0 spiro atoms. The molecule has 0 bridgehead atoms. The molecule has 0 N–H and O–H groups in total. The van der Waals surface area contributed by atoms with Crippen LogP contribution in [0.3, 0.4) is 0 Å². The number of Topliss-reactive ketones (excluding diaryl/α,β-unsaturated/α-hetero) is 1. The van der Waals surface area contributed by atoms with Crippen molar-refractivity contribution >= 4 is 11.7 Å². The van der Waals surface area contributed by atoms with Gasteiger partial charge in [0.15, 0.2) is 5.78 Å². The van der Waals surface area contributed by atoms with Crippen LogP contribution in [0.25, 0.3) is 0 Å². The molecule has 0 unspecified atom stereocenters. The molecule has 1 saturated heterocycles. The number of rotatable bonds is 5. The summed E-state index contributed by atoms with van der Waals surface area (Å²) in [6, 6.07) is 15.9. The number of amides is 1. The molecule has 1 heterocycles. The van der Waals surface area contributed by atoms with Gasteiger partial charge in [-0.2, -0.15) is 0 Å². The highest BCUT2D eigenvalue weighted by Crippen LogP contribution is 2.22. The molecule has 2 aromatic carbocycles. The van der Waals surface area contributed by atoms with Gasteiger partial charge >= 0.3 is 0 Å². The maximum absolute atomic E-state index is 12.5. The van der Waals surface area contributed by atoms with Gasteiger partial charge in [-0.05, 0) is 44.2 Å². The third-order valence-electron chi connectivity index (χ3n) is 5.38. The Bertz CT molecular complexity index is 774. The zero-order valence-electron chi connectivity index (χ0n) is 15.7. The van der Waals surface area contributed by atoms with Crippen LogP contribution in [0, 0.1) is 19.8 Å². The molecule has 3 nitrogen and oxygen atoms in total. The second-order valence-electron chi connectivity index (χ2n) is 7.32. The van der Waals surface area contributed by atoms with Gasteiger partial charge in [-0.15, -0.1) is 0 Å². The Morgan fingerprint density at radius 2 is 1.69 bits per heavy atom. The Labute approximate surface area is 156 Å². The summed E-state index contributed by atoms with van der Waals surface area (Å²) >= 11 is 0. The molecule has 1 aliphatic heterocycles. The van der Waals surface area contributed by atoms with Gasteiger partial charge in [0, 0.05) is 31.0 Å². The number of carbonyl (C=O) groups is 2. The van der Waals surface area contributed by atoms with E-state index in [4.69, 9.17) is 0 Å². The van der Waals surface area contributed by atoms with E-state index in [0.717, 1.165) is 24.8 Å². The molecule has 0 atom stereocenters. The van der Waals surface area contributed by atoms with E-state index in [9.17, 15) is 9.59 Å². The van der Waals surface area contributed by atoms with Gasteiger partial charge in [0.1, 0.15) is 0 Å². The van der Waals surface area contributed by atoms with Gasteiger partial charge in [-0.3, -0.25) is 9.59 Å². The van der Waals surface area contributed by atoms with Crippen LogP contribution >= 0.6 is 0 Å². The molecule has 136 valence electrons. The van der Waals surface area contributed by atoms with Crippen LogP contribution < -0.4 is 0 Å². The van der Waals surface area contributed by atoms with E-state index in [1.54, 1.807) is 0 Å². The van der Waals surface area contributed by atoms with Crippen molar-refractivity contribution in [2.24, 2.45) is 5.92 Å². The first-order valence-corrected chi connectivity index (χ1v) is 9.48. The number of benzene rings is 2. The highest BCUT2D eigenvalue weighted by Gasteiger charge is 2.27. The molecule has 26 heavy (non-hydrogen) atoms. The van der Waals surface area contributed by atoms with E-state index in [2.05, 4.69) is 32.0 Å². The average molecular weight is 349 g/mol. The summed E-state index contributed by atoms with van der Waals surface area (Å²) in [7, 11) is 0. The minimum absolute atomic E-state index is 0.0424. The van der Waals surface area contributed by atoms with Crippen molar-refractivity contribution in [3.63, 3.8) is 0 Å². The SMILES string of the molecule is Cc1ccc(CCC(=O)N2CCC(C(=O)c3ccccc3)CC2)c(C)c1. The van der Waals surface area contributed by atoms with Gasteiger partial charge in [-0.1, -0.05) is 54.1 Å². The second-order valence-corrected chi connectivity index (χ2v) is 7.32. The maximum atomic E-state index is 12.5. The van der Waals surface area contributed by atoms with Gasteiger partial charge < -0.3 is 4.90 Å². The smallest absolute Gasteiger partial charge is 0.222 e. The second kappa shape index (κ2) is 8.31. The highest BCUT2D eigenvalue weighted by atomic mass is 16.2. The van der Waals surface area contributed by atoms with Gasteiger partial charge in [0.25, 0.3) is 0 Å². The summed E-state index contributed by atoms with van der Waals surface area (Å²) in [5, 5.41) is 0. The normalized spacial score (nSPS) is 15.1. The number of nitrogens with zero attached hydrogens (tertiary/aromatic N) is 1. The summed E-state index contributed by atoms with van der Waals surface area (Å²) in [5.41, 5.74) is 4.54. The molecule has 3 heteroatoms. The van der Waals surface area contributed by atoms with E-state index < -0.39 is 0 Å². The van der Waals surface area contributed by atoms with Crippen molar-refractivity contribution < 1.29 is 9.59 Å². The number of hydrogen-bond donors (Lipinski definition) is 0. The lowest BCUT2D eigenvalue weighted by Gasteiger charge is -2.31. The van der Waals surface area contributed by atoms with Crippen molar-refractivity contribution in [1.29, 1.82) is 0 Å². The molecule has 1 aliphatic rings. The van der Waals surface area contributed by atoms with Crippen LogP contribution in [0.15, 0.2) is 48.5 Å². The van der Waals surface area contributed by atoms with E-state index in [1.165, 1.54) is 16.7 Å². The topological polar surface area (TPSA) is 37.4 Å². The number of hydrogen-bond acceptors (Lipinski definition) is 2. The molecular formula is C23H27NO2. The van der Waals surface area contributed by atoms with Crippen LogP contribution in [-0.4, -0.2) is 29.7 Å². The lowest BCUT2D eigenvalue weighted by Crippen LogP contribution is -2.40. The first-order chi connectivity index (χ1) is 12.5. The lowest BCUT2D eigenvalue weighted by atomic mass is 9.88. The predicted molar refractivity (Wildman–Crippen MR) is 104 cm³/mol. The Kier molecular flexibility index (Phi) is 5.87. The van der Waals surface area contributed by atoms with E-state index in [-0.39, 0.29) is 17.6 Å². The molecule has 0 radical (unpaired) electrons. The quantitative estimate of drug-likeness (QED) is 0.752. The fourth-order valence-corrected chi connectivity index (χ4v) is 3.76. The van der Waals surface area contributed by atoms with E-state index >= 15 is 0 Å². The zero-order chi connectivity index (χ0) is 18.5. The molecule has 1 amide bonds. The van der Waals surface area contributed by atoms with Crippen molar-refractivity contribution in [3.8, 4) is 0 Å². The largest absolute Gasteiger partial charge is 0.343 e. The highest BCUT2D eigenvalue weighted by molar-refractivity contribution is 5.98. The number of aryl methyl sites for hydroxylation is 3. The van der Waals surface area contributed by atoms with Crippen LogP contribution in [0.2, 0.25) is 0 Å². The van der Waals surface area contributed by atoms with Crippen molar-refractivity contribution in [1.82, 2.24) is 4.90 Å². The zero-order valence-corrected chi connectivity index (χ0v) is 15.7. The fraction of sp³-hybridized carbons (Fsp3) is 0.391. The summed E-state index contributed by atoms with van der Waals surface area (Å²) in [4.78, 5) is 27.0. The molecule has 0 aromatic heterocycles. The molecule has 1 fully saturated rings. The minimum Gasteiger partial charge on any atom is -0.343 e. The number of carbonyl (C=O) groups excluding carboxylic acids is 2. The van der Waals surface area contributed by atoms with E-state index in [0.29, 0.717) is 19.5 Å². The number of piperidine rings is 1. The standard InChI is InChI=1S/C23H27NO2/c1-17-8-9-19(18(2)16-17)10-11-22(25)24-14-12-21(13-15-24)23(26)20-6-4-3-5-7-20/h3-9,16,21H,10-15H2,1-2H3.